The Morgan fingerprint density at radius 3 is 3.12 bits per heavy atom. The SMILES string of the molecule is CC1CN(C(=O)c2cncc(Cl)n2)CCO1. The quantitative estimate of drug-likeness (QED) is 0.736. The van der Waals surface area contributed by atoms with Crippen molar-refractivity contribution in [3.63, 3.8) is 0 Å². The van der Waals surface area contributed by atoms with Gasteiger partial charge in [0.05, 0.1) is 25.1 Å². The third kappa shape index (κ3) is 2.48. The molecule has 86 valence electrons. The third-order valence-corrected chi connectivity index (χ3v) is 2.53. The number of amides is 1. The minimum Gasteiger partial charge on any atom is -0.375 e. The van der Waals surface area contributed by atoms with Gasteiger partial charge in [0, 0.05) is 13.1 Å². The smallest absolute Gasteiger partial charge is 0.274 e. The number of halogens is 1. The van der Waals surface area contributed by atoms with Crippen LogP contribution in [0.5, 0.6) is 0 Å². The van der Waals surface area contributed by atoms with Crippen LogP contribution in [-0.4, -0.2) is 46.6 Å². The largest absolute Gasteiger partial charge is 0.375 e. The molecule has 16 heavy (non-hydrogen) atoms. The average molecular weight is 242 g/mol. The van der Waals surface area contributed by atoms with E-state index in [4.69, 9.17) is 16.3 Å². The number of aromatic nitrogens is 2. The number of morpholine rings is 1. The van der Waals surface area contributed by atoms with Crippen molar-refractivity contribution in [3.8, 4) is 0 Å². The van der Waals surface area contributed by atoms with Crippen molar-refractivity contribution in [3.05, 3.63) is 23.2 Å². The minimum absolute atomic E-state index is 0.0600. The molecule has 2 rings (SSSR count). The van der Waals surface area contributed by atoms with E-state index in [1.165, 1.54) is 12.4 Å². The zero-order valence-corrected chi connectivity index (χ0v) is 9.65. The van der Waals surface area contributed by atoms with Gasteiger partial charge in [-0.05, 0) is 6.92 Å². The monoisotopic (exact) mass is 241 g/mol. The molecule has 2 heterocycles. The highest BCUT2D eigenvalue weighted by Gasteiger charge is 2.23. The predicted octanol–water partition coefficient (Wildman–Crippen LogP) is 0.991. The molecular weight excluding hydrogens is 230 g/mol. The first-order chi connectivity index (χ1) is 7.66. The summed E-state index contributed by atoms with van der Waals surface area (Å²) in [5.41, 5.74) is 0.279. The van der Waals surface area contributed by atoms with Crippen molar-refractivity contribution in [1.29, 1.82) is 0 Å². The van der Waals surface area contributed by atoms with Gasteiger partial charge in [-0.25, -0.2) is 4.98 Å². The molecule has 0 N–H and O–H groups in total. The van der Waals surface area contributed by atoms with Crippen LogP contribution >= 0.6 is 11.6 Å². The number of hydrogen-bond donors (Lipinski definition) is 0. The van der Waals surface area contributed by atoms with Crippen LogP contribution in [0, 0.1) is 0 Å². The van der Waals surface area contributed by atoms with E-state index in [0.717, 1.165) is 0 Å². The lowest BCUT2D eigenvalue weighted by atomic mass is 10.2. The first-order valence-corrected chi connectivity index (χ1v) is 5.43. The zero-order chi connectivity index (χ0) is 11.5. The Hall–Kier alpha value is -1.20. The standard InChI is InChI=1S/C10H12ClN3O2/c1-7-6-14(2-3-16-7)10(15)8-4-12-5-9(11)13-8/h4-5,7H,2-3,6H2,1H3. The molecule has 0 bridgehead atoms. The fraction of sp³-hybridized carbons (Fsp3) is 0.500. The van der Waals surface area contributed by atoms with Gasteiger partial charge in [0.2, 0.25) is 0 Å². The summed E-state index contributed by atoms with van der Waals surface area (Å²) in [4.78, 5) is 21.5. The maximum Gasteiger partial charge on any atom is 0.274 e. The molecule has 1 aliphatic rings. The number of ether oxygens (including phenoxy) is 1. The lowest BCUT2D eigenvalue weighted by Crippen LogP contribution is -2.44. The number of carbonyl (C=O) groups excluding carboxylic acids is 1. The first kappa shape index (κ1) is 11.3. The molecule has 5 nitrogen and oxygen atoms in total. The number of hydrogen-bond acceptors (Lipinski definition) is 4. The van der Waals surface area contributed by atoms with Crippen LogP contribution in [0.4, 0.5) is 0 Å². The van der Waals surface area contributed by atoms with E-state index >= 15 is 0 Å². The van der Waals surface area contributed by atoms with Gasteiger partial charge in [0.1, 0.15) is 10.8 Å². The van der Waals surface area contributed by atoms with Crippen molar-refractivity contribution in [2.24, 2.45) is 0 Å². The summed E-state index contributed by atoms with van der Waals surface area (Å²) in [6.07, 6.45) is 2.89. The second kappa shape index (κ2) is 4.76. The molecule has 1 saturated heterocycles. The van der Waals surface area contributed by atoms with Gasteiger partial charge in [-0.15, -0.1) is 0 Å². The van der Waals surface area contributed by atoms with E-state index < -0.39 is 0 Å². The van der Waals surface area contributed by atoms with Crippen LogP contribution in [0.1, 0.15) is 17.4 Å². The first-order valence-electron chi connectivity index (χ1n) is 5.05. The van der Waals surface area contributed by atoms with E-state index in [1.807, 2.05) is 6.92 Å². The Morgan fingerprint density at radius 2 is 2.44 bits per heavy atom. The summed E-state index contributed by atoms with van der Waals surface area (Å²) in [6.45, 7) is 3.65. The van der Waals surface area contributed by atoms with E-state index in [0.29, 0.717) is 19.7 Å². The number of rotatable bonds is 1. The number of nitrogens with zero attached hydrogens (tertiary/aromatic N) is 3. The molecule has 1 unspecified atom stereocenters. The van der Waals surface area contributed by atoms with Gasteiger partial charge in [-0.3, -0.25) is 9.78 Å². The fourth-order valence-corrected chi connectivity index (χ4v) is 1.76. The van der Waals surface area contributed by atoms with Gasteiger partial charge in [0.25, 0.3) is 5.91 Å². The highest BCUT2D eigenvalue weighted by atomic mass is 35.5. The van der Waals surface area contributed by atoms with Crippen LogP contribution in [0.2, 0.25) is 5.15 Å². The van der Waals surface area contributed by atoms with Crippen LogP contribution in [-0.2, 0) is 4.74 Å². The molecule has 0 spiro atoms. The summed E-state index contributed by atoms with van der Waals surface area (Å²) < 4.78 is 5.36. The predicted molar refractivity (Wildman–Crippen MR) is 58.4 cm³/mol. The summed E-state index contributed by atoms with van der Waals surface area (Å²) in [5.74, 6) is -0.148. The Kier molecular flexibility index (Phi) is 3.36. The van der Waals surface area contributed by atoms with E-state index in [1.54, 1.807) is 4.90 Å². The summed E-state index contributed by atoms with van der Waals surface area (Å²) in [6, 6.07) is 0. The molecule has 1 amide bonds. The van der Waals surface area contributed by atoms with Crippen molar-refractivity contribution in [1.82, 2.24) is 14.9 Å². The Bertz CT molecular complexity index is 399. The Balaban J connectivity index is 2.12. The average Bonchev–Trinajstić information content (AvgIpc) is 2.28. The second-order valence-corrected chi connectivity index (χ2v) is 4.05. The van der Waals surface area contributed by atoms with Crippen molar-refractivity contribution >= 4 is 17.5 Å². The summed E-state index contributed by atoms with van der Waals surface area (Å²) in [5, 5.41) is 0.229. The topological polar surface area (TPSA) is 55.3 Å². The zero-order valence-electron chi connectivity index (χ0n) is 8.89. The van der Waals surface area contributed by atoms with Gasteiger partial charge in [-0.2, -0.15) is 0 Å². The van der Waals surface area contributed by atoms with E-state index in [-0.39, 0.29) is 22.9 Å². The molecule has 1 fully saturated rings. The van der Waals surface area contributed by atoms with Crippen LogP contribution in [0.3, 0.4) is 0 Å². The normalized spacial score (nSPS) is 20.9. The highest BCUT2D eigenvalue weighted by Crippen LogP contribution is 2.10. The van der Waals surface area contributed by atoms with E-state index in [2.05, 4.69) is 9.97 Å². The fourth-order valence-electron chi connectivity index (χ4n) is 1.61. The van der Waals surface area contributed by atoms with Gasteiger partial charge >= 0.3 is 0 Å². The molecule has 6 heteroatoms. The molecule has 1 aliphatic heterocycles. The van der Waals surface area contributed by atoms with Gasteiger partial charge < -0.3 is 9.64 Å². The van der Waals surface area contributed by atoms with Crippen molar-refractivity contribution in [2.75, 3.05) is 19.7 Å². The molecule has 0 aliphatic carbocycles. The van der Waals surface area contributed by atoms with Crippen molar-refractivity contribution in [2.45, 2.75) is 13.0 Å². The van der Waals surface area contributed by atoms with Crippen LogP contribution < -0.4 is 0 Å². The highest BCUT2D eigenvalue weighted by molar-refractivity contribution is 6.29. The lowest BCUT2D eigenvalue weighted by Gasteiger charge is -2.30. The molecule has 1 aromatic heterocycles. The maximum absolute atomic E-state index is 12.0. The Morgan fingerprint density at radius 1 is 1.62 bits per heavy atom. The molecule has 1 atom stereocenters. The molecule has 0 radical (unpaired) electrons. The molecule has 0 aromatic carbocycles. The summed E-state index contributed by atoms with van der Waals surface area (Å²) >= 11 is 5.69. The molecular formula is C10H12ClN3O2. The third-order valence-electron chi connectivity index (χ3n) is 2.35. The second-order valence-electron chi connectivity index (χ2n) is 3.66. The number of carbonyl (C=O) groups is 1. The van der Waals surface area contributed by atoms with Crippen LogP contribution in [0.25, 0.3) is 0 Å². The summed E-state index contributed by atoms with van der Waals surface area (Å²) in [7, 11) is 0. The lowest BCUT2D eigenvalue weighted by molar-refractivity contribution is -0.0126. The minimum atomic E-state index is -0.148. The Labute approximate surface area is 98.4 Å². The molecule has 0 saturated carbocycles. The van der Waals surface area contributed by atoms with Crippen molar-refractivity contribution < 1.29 is 9.53 Å². The maximum atomic E-state index is 12.0. The van der Waals surface area contributed by atoms with E-state index in [9.17, 15) is 4.79 Å². The van der Waals surface area contributed by atoms with Gasteiger partial charge in [0.15, 0.2) is 0 Å². The van der Waals surface area contributed by atoms with Crippen LogP contribution in [0.15, 0.2) is 12.4 Å². The van der Waals surface area contributed by atoms with Gasteiger partial charge in [-0.1, -0.05) is 11.6 Å². The molecule has 1 aromatic rings.